The van der Waals surface area contributed by atoms with Gasteiger partial charge in [0.25, 0.3) is 0 Å². The van der Waals surface area contributed by atoms with E-state index in [4.69, 9.17) is 4.74 Å². The van der Waals surface area contributed by atoms with Gasteiger partial charge in [-0.3, -0.25) is 4.98 Å². The van der Waals surface area contributed by atoms with Crippen LogP contribution in [0.15, 0.2) is 24.5 Å². The number of rotatable bonds is 5. The fourth-order valence-corrected chi connectivity index (χ4v) is 1.16. The van der Waals surface area contributed by atoms with Crippen molar-refractivity contribution < 1.29 is 4.74 Å². The molecule has 84 valence electrons. The zero-order valence-electron chi connectivity index (χ0n) is 9.79. The SMILES string of the molecule is CC(C)(C)NCCCOc1cccnc1. The average Bonchev–Trinajstić information content (AvgIpc) is 2.17. The molecule has 1 aromatic heterocycles. The predicted molar refractivity (Wildman–Crippen MR) is 62.1 cm³/mol. The van der Waals surface area contributed by atoms with E-state index >= 15 is 0 Å². The van der Waals surface area contributed by atoms with Crippen LogP contribution in [0.2, 0.25) is 0 Å². The van der Waals surface area contributed by atoms with Crippen molar-refractivity contribution in [2.45, 2.75) is 32.7 Å². The van der Waals surface area contributed by atoms with Crippen molar-refractivity contribution in [1.82, 2.24) is 10.3 Å². The Labute approximate surface area is 91.9 Å². The number of nitrogens with zero attached hydrogens (tertiary/aromatic N) is 1. The minimum absolute atomic E-state index is 0.189. The first-order valence-corrected chi connectivity index (χ1v) is 5.36. The number of ether oxygens (including phenoxy) is 1. The number of nitrogens with one attached hydrogen (secondary N) is 1. The van der Waals surface area contributed by atoms with E-state index in [9.17, 15) is 0 Å². The molecule has 1 rings (SSSR count). The van der Waals surface area contributed by atoms with Crippen LogP contribution in [-0.4, -0.2) is 23.7 Å². The molecule has 0 aliphatic rings. The summed E-state index contributed by atoms with van der Waals surface area (Å²) in [7, 11) is 0. The second-order valence-corrected chi connectivity index (χ2v) is 4.57. The van der Waals surface area contributed by atoms with Gasteiger partial charge in [0.05, 0.1) is 12.8 Å². The van der Waals surface area contributed by atoms with Crippen LogP contribution in [0.1, 0.15) is 27.2 Å². The lowest BCUT2D eigenvalue weighted by atomic mass is 10.1. The van der Waals surface area contributed by atoms with Gasteiger partial charge in [-0.15, -0.1) is 0 Å². The summed E-state index contributed by atoms with van der Waals surface area (Å²) in [6.45, 7) is 8.19. The monoisotopic (exact) mass is 208 g/mol. The Morgan fingerprint density at radius 3 is 2.80 bits per heavy atom. The molecule has 0 saturated carbocycles. The second-order valence-electron chi connectivity index (χ2n) is 4.57. The molecule has 3 heteroatoms. The fraction of sp³-hybridized carbons (Fsp3) is 0.583. The number of hydrogen-bond donors (Lipinski definition) is 1. The van der Waals surface area contributed by atoms with E-state index in [1.54, 1.807) is 12.4 Å². The first kappa shape index (κ1) is 12.0. The summed E-state index contributed by atoms with van der Waals surface area (Å²) in [5.74, 6) is 0.841. The van der Waals surface area contributed by atoms with Crippen molar-refractivity contribution in [3.63, 3.8) is 0 Å². The van der Waals surface area contributed by atoms with Crippen LogP contribution >= 0.6 is 0 Å². The molecule has 1 N–H and O–H groups in total. The van der Waals surface area contributed by atoms with Crippen molar-refractivity contribution in [1.29, 1.82) is 0 Å². The van der Waals surface area contributed by atoms with Crippen LogP contribution < -0.4 is 10.1 Å². The van der Waals surface area contributed by atoms with Crippen molar-refractivity contribution in [2.75, 3.05) is 13.2 Å². The van der Waals surface area contributed by atoms with Gasteiger partial charge in [0, 0.05) is 11.7 Å². The molecule has 0 fully saturated rings. The summed E-state index contributed by atoms with van der Waals surface area (Å²) in [5.41, 5.74) is 0.189. The van der Waals surface area contributed by atoms with Crippen molar-refractivity contribution in [3.8, 4) is 5.75 Å². The van der Waals surface area contributed by atoms with Crippen molar-refractivity contribution >= 4 is 0 Å². The van der Waals surface area contributed by atoms with E-state index in [0.717, 1.165) is 25.3 Å². The zero-order valence-corrected chi connectivity index (χ0v) is 9.79. The normalized spacial score (nSPS) is 11.4. The van der Waals surface area contributed by atoms with Crippen LogP contribution in [0.25, 0.3) is 0 Å². The third kappa shape index (κ3) is 6.07. The van der Waals surface area contributed by atoms with Crippen LogP contribution in [0, 0.1) is 0 Å². The molecule has 0 amide bonds. The highest BCUT2D eigenvalue weighted by atomic mass is 16.5. The second kappa shape index (κ2) is 5.71. The van der Waals surface area contributed by atoms with Crippen LogP contribution in [0.4, 0.5) is 0 Å². The Morgan fingerprint density at radius 2 is 2.20 bits per heavy atom. The highest BCUT2D eigenvalue weighted by molar-refractivity contribution is 5.15. The Hall–Kier alpha value is -1.09. The van der Waals surface area contributed by atoms with Gasteiger partial charge in [0.1, 0.15) is 5.75 Å². The lowest BCUT2D eigenvalue weighted by Gasteiger charge is -2.20. The largest absolute Gasteiger partial charge is 0.492 e. The molecule has 0 atom stereocenters. The van der Waals surface area contributed by atoms with Gasteiger partial charge < -0.3 is 10.1 Å². The molecular formula is C12H20N2O. The minimum atomic E-state index is 0.189. The molecular weight excluding hydrogens is 188 g/mol. The standard InChI is InChI=1S/C12H20N2O/c1-12(2,3)14-8-5-9-15-11-6-4-7-13-10-11/h4,6-7,10,14H,5,8-9H2,1-3H3. The molecule has 0 aromatic carbocycles. The van der Waals surface area contributed by atoms with E-state index in [-0.39, 0.29) is 5.54 Å². The molecule has 0 bridgehead atoms. The molecule has 0 aliphatic carbocycles. The van der Waals surface area contributed by atoms with Gasteiger partial charge in [-0.1, -0.05) is 0 Å². The maximum atomic E-state index is 5.52. The quantitative estimate of drug-likeness (QED) is 0.753. The van der Waals surface area contributed by atoms with Gasteiger partial charge in [0.15, 0.2) is 0 Å². The van der Waals surface area contributed by atoms with Crippen LogP contribution in [0.5, 0.6) is 5.75 Å². The maximum absolute atomic E-state index is 5.52. The van der Waals surface area contributed by atoms with Gasteiger partial charge in [-0.2, -0.15) is 0 Å². The zero-order chi connectivity index (χ0) is 11.1. The first-order chi connectivity index (χ1) is 7.08. The summed E-state index contributed by atoms with van der Waals surface area (Å²) in [4.78, 5) is 3.98. The Bertz CT molecular complexity index is 267. The molecule has 0 aliphatic heterocycles. The molecule has 0 radical (unpaired) electrons. The maximum Gasteiger partial charge on any atom is 0.137 e. The van der Waals surface area contributed by atoms with Crippen molar-refractivity contribution in [2.24, 2.45) is 0 Å². The number of aromatic nitrogens is 1. The molecule has 0 spiro atoms. The topological polar surface area (TPSA) is 34.1 Å². The van der Waals surface area contributed by atoms with E-state index in [1.807, 2.05) is 12.1 Å². The van der Waals surface area contributed by atoms with E-state index in [2.05, 4.69) is 31.1 Å². The van der Waals surface area contributed by atoms with Crippen LogP contribution in [-0.2, 0) is 0 Å². The molecule has 0 saturated heterocycles. The van der Waals surface area contributed by atoms with Gasteiger partial charge in [0.2, 0.25) is 0 Å². The van der Waals surface area contributed by atoms with Crippen LogP contribution in [0.3, 0.4) is 0 Å². The first-order valence-electron chi connectivity index (χ1n) is 5.36. The summed E-state index contributed by atoms with van der Waals surface area (Å²) < 4.78 is 5.52. The fourth-order valence-electron chi connectivity index (χ4n) is 1.16. The summed E-state index contributed by atoms with van der Waals surface area (Å²) in [6.07, 6.45) is 4.48. The Kier molecular flexibility index (Phi) is 4.56. The number of hydrogen-bond acceptors (Lipinski definition) is 3. The minimum Gasteiger partial charge on any atom is -0.492 e. The average molecular weight is 208 g/mol. The molecule has 3 nitrogen and oxygen atoms in total. The van der Waals surface area contributed by atoms with E-state index in [0.29, 0.717) is 0 Å². The highest BCUT2D eigenvalue weighted by Crippen LogP contribution is 2.06. The smallest absolute Gasteiger partial charge is 0.137 e. The third-order valence-electron chi connectivity index (χ3n) is 1.88. The molecule has 15 heavy (non-hydrogen) atoms. The molecule has 0 unspecified atom stereocenters. The summed E-state index contributed by atoms with van der Waals surface area (Å²) >= 11 is 0. The predicted octanol–water partition coefficient (Wildman–Crippen LogP) is 2.24. The van der Waals surface area contributed by atoms with Gasteiger partial charge in [-0.25, -0.2) is 0 Å². The third-order valence-corrected chi connectivity index (χ3v) is 1.88. The lowest BCUT2D eigenvalue weighted by Crippen LogP contribution is -2.36. The molecule has 1 aromatic rings. The lowest BCUT2D eigenvalue weighted by molar-refractivity contribution is 0.297. The van der Waals surface area contributed by atoms with E-state index < -0.39 is 0 Å². The summed E-state index contributed by atoms with van der Waals surface area (Å²) in [6, 6.07) is 3.80. The highest BCUT2D eigenvalue weighted by Gasteiger charge is 2.06. The summed E-state index contributed by atoms with van der Waals surface area (Å²) in [5, 5.41) is 3.41. The Balaban J connectivity index is 2.08. The van der Waals surface area contributed by atoms with Gasteiger partial charge >= 0.3 is 0 Å². The van der Waals surface area contributed by atoms with Crippen molar-refractivity contribution in [3.05, 3.63) is 24.5 Å². The Morgan fingerprint density at radius 1 is 1.40 bits per heavy atom. The number of pyridine rings is 1. The van der Waals surface area contributed by atoms with E-state index in [1.165, 1.54) is 0 Å². The van der Waals surface area contributed by atoms with Gasteiger partial charge in [-0.05, 0) is 45.9 Å². The molecule has 1 heterocycles.